The van der Waals surface area contributed by atoms with E-state index in [1.165, 1.54) is 0 Å². The van der Waals surface area contributed by atoms with Gasteiger partial charge < -0.3 is 19.7 Å². The fraction of sp³-hybridized carbons (Fsp3) is 0.923. The number of likely N-dealkylation sites (tertiary alicyclic amines) is 1. The maximum atomic E-state index is 12.0. The Bertz CT molecular complexity index is 306. The molecule has 124 valence electrons. The van der Waals surface area contributed by atoms with Crippen molar-refractivity contribution in [3.8, 4) is 0 Å². The Morgan fingerprint density at radius 1 is 1.29 bits per heavy atom. The first-order chi connectivity index (χ1) is 9.92. The molecule has 0 aromatic heterocycles. The number of nitrogens with one attached hydrogen (secondary N) is 1. The van der Waals surface area contributed by atoms with Crippen molar-refractivity contribution in [1.82, 2.24) is 10.2 Å². The third-order valence-electron chi connectivity index (χ3n) is 3.18. The Hall–Kier alpha value is -0.860. The van der Waals surface area contributed by atoms with Gasteiger partial charge in [0.25, 0.3) is 0 Å². The Kier molecular flexibility index (Phi) is 7.98. The number of rotatable bonds is 8. The van der Waals surface area contributed by atoms with Gasteiger partial charge in [-0.2, -0.15) is 13.2 Å². The van der Waals surface area contributed by atoms with E-state index in [1.807, 2.05) is 6.92 Å². The quantitative estimate of drug-likeness (QED) is 0.684. The summed E-state index contributed by atoms with van der Waals surface area (Å²) < 4.78 is 46.7. The number of carbonyl (C=O) groups is 1. The van der Waals surface area contributed by atoms with Crippen LogP contribution in [0.1, 0.15) is 19.8 Å². The standard InChI is InChI=1S/C13H23F3N2O3/c1-2-20-7-8-21-11-3-5-18(6-4-11)12(19)9-17-10-13(14,15)16/h11,17H,2-10H2,1H3. The van der Waals surface area contributed by atoms with Gasteiger partial charge in [-0.05, 0) is 19.8 Å². The highest BCUT2D eigenvalue weighted by molar-refractivity contribution is 5.78. The first-order valence-electron chi connectivity index (χ1n) is 7.17. The molecule has 0 spiro atoms. The molecule has 1 amide bonds. The number of piperidine rings is 1. The second-order valence-corrected chi connectivity index (χ2v) is 4.87. The lowest BCUT2D eigenvalue weighted by Crippen LogP contribution is -2.45. The minimum Gasteiger partial charge on any atom is -0.379 e. The maximum Gasteiger partial charge on any atom is 0.401 e. The van der Waals surface area contributed by atoms with Crippen molar-refractivity contribution < 1.29 is 27.4 Å². The third kappa shape index (κ3) is 8.23. The van der Waals surface area contributed by atoms with Gasteiger partial charge >= 0.3 is 6.18 Å². The topological polar surface area (TPSA) is 50.8 Å². The van der Waals surface area contributed by atoms with Gasteiger partial charge in [-0.1, -0.05) is 0 Å². The molecule has 8 heteroatoms. The largest absolute Gasteiger partial charge is 0.401 e. The van der Waals surface area contributed by atoms with E-state index >= 15 is 0 Å². The van der Waals surface area contributed by atoms with Crippen LogP contribution in [0.25, 0.3) is 0 Å². The molecule has 0 saturated carbocycles. The molecule has 21 heavy (non-hydrogen) atoms. The van der Waals surface area contributed by atoms with Crippen LogP contribution in [0.5, 0.6) is 0 Å². The summed E-state index contributed by atoms with van der Waals surface area (Å²) >= 11 is 0. The summed E-state index contributed by atoms with van der Waals surface area (Å²) in [4.78, 5) is 13.3. The molecular formula is C13H23F3N2O3. The minimum absolute atomic E-state index is 0.0950. The molecule has 1 aliphatic rings. The van der Waals surface area contributed by atoms with Gasteiger partial charge in [0.05, 0.1) is 32.4 Å². The zero-order valence-electron chi connectivity index (χ0n) is 12.2. The third-order valence-corrected chi connectivity index (χ3v) is 3.18. The lowest BCUT2D eigenvalue weighted by Gasteiger charge is -2.32. The van der Waals surface area contributed by atoms with Crippen molar-refractivity contribution >= 4 is 5.91 Å². The molecule has 1 rings (SSSR count). The Labute approximate surface area is 122 Å². The number of hydrogen-bond acceptors (Lipinski definition) is 4. The van der Waals surface area contributed by atoms with Gasteiger partial charge in [0.2, 0.25) is 5.91 Å². The summed E-state index contributed by atoms with van der Waals surface area (Å²) in [5, 5.41) is 2.12. The highest BCUT2D eigenvalue weighted by Crippen LogP contribution is 2.14. The Morgan fingerprint density at radius 2 is 1.95 bits per heavy atom. The number of hydrogen-bond donors (Lipinski definition) is 1. The van der Waals surface area contributed by atoms with Crippen LogP contribution in [0.4, 0.5) is 13.2 Å². The summed E-state index contributed by atoms with van der Waals surface area (Å²) in [5.74, 6) is -0.299. The minimum atomic E-state index is -4.29. The number of ether oxygens (including phenoxy) is 2. The first-order valence-corrected chi connectivity index (χ1v) is 7.17. The monoisotopic (exact) mass is 312 g/mol. The van der Waals surface area contributed by atoms with Crippen LogP contribution in [0.15, 0.2) is 0 Å². The average Bonchev–Trinajstić information content (AvgIpc) is 2.43. The normalized spacial score (nSPS) is 17.2. The van der Waals surface area contributed by atoms with Crippen molar-refractivity contribution in [3.63, 3.8) is 0 Å². The smallest absolute Gasteiger partial charge is 0.379 e. The molecule has 0 bridgehead atoms. The van der Waals surface area contributed by atoms with E-state index in [0.29, 0.717) is 45.8 Å². The van der Waals surface area contributed by atoms with E-state index in [0.717, 1.165) is 0 Å². The van der Waals surface area contributed by atoms with Crippen LogP contribution in [0.3, 0.4) is 0 Å². The highest BCUT2D eigenvalue weighted by atomic mass is 19.4. The number of alkyl halides is 3. The molecule has 0 aliphatic carbocycles. The molecule has 1 fully saturated rings. The number of amides is 1. The van der Waals surface area contributed by atoms with Gasteiger partial charge in [-0.25, -0.2) is 0 Å². The molecule has 0 radical (unpaired) electrons. The molecule has 0 atom stereocenters. The Balaban J connectivity index is 2.13. The SMILES string of the molecule is CCOCCOC1CCN(C(=O)CNCC(F)(F)F)CC1. The van der Waals surface area contributed by atoms with E-state index in [-0.39, 0.29) is 18.6 Å². The van der Waals surface area contributed by atoms with Crippen LogP contribution in [0, 0.1) is 0 Å². The summed E-state index contributed by atoms with van der Waals surface area (Å²) in [6.45, 7) is 3.26. The zero-order valence-corrected chi connectivity index (χ0v) is 12.2. The van der Waals surface area contributed by atoms with Crippen LogP contribution in [-0.4, -0.2) is 69.1 Å². The van der Waals surface area contributed by atoms with Crippen molar-refractivity contribution in [3.05, 3.63) is 0 Å². The predicted octanol–water partition coefficient (Wildman–Crippen LogP) is 1.18. The lowest BCUT2D eigenvalue weighted by molar-refractivity contribution is -0.136. The van der Waals surface area contributed by atoms with Crippen molar-refractivity contribution in [2.24, 2.45) is 0 Å². The summed E-state index contributed by atoms with van der Waals surface area (Å²) in [7, 11) is 0. The second-order valence-electron chi connectivity index (χ2n) is 4.87. The summed E-state index contributed by atoms with van der Waals surface area (Å²) in [6.07, 6.45) is -2.78. The average molecular weight is 312 g/mol. The number of halogens is 3. The molecule has 5 nitrogen and oxygen atoms in total. The van der Waals surface area contributed by atoms with Crippen LogP contribution in [0.2, 0.25) is 0 Å². The fourth-order valence-electron chi connectivity index (χ4n) is 2.11. The van der Waals surface area contributed by atoms with Crippen molar-refractivity contribution in [1.29, 1.82) is 0 Å². The first kappa shape index (κ1) is 18.2. The predicted molar refractivity (Wildman–Crippen MR) is 71.0 cm³/mol. The van der Waals surface area contributed by atoms with E-state index in [2.05, 4.69) is 5.32 Å². The molecule has 0 unspecified atom stereocenters. The summed E-state index contributed by atoms with van der Waals surface area (Å²) in [6, 6.07) is 0. The number of carbonyl (C=O) groups excluding carboxylic acids is 1. The highest BCUT2D eigenvalue weighted by Gasteiger charge is 2.28. The maximum absolute atomic E-state index is 12.0. The summed E-state index contributed by atoms with van der Waals surface area (Å²) in [5.41, 5.74) is 0. The molecule has 0 aromatic rings. The van der Waals surface area contributed by atoms with E-state index in [9.17, 15) is 18.0 Å². The van der Waals surface area contributed by atoms with Gasteiger partial charge in [0, 0.05) is 19.7 Å². The van der Waals surface area contributed by atoms with Gasteiger partial charge in [0.1, 0.15) is 0 Å². The molecule has 1 heterocycles. The van der Waals surface area contributed by atoms with E-state index in [1.54, 1.807) is 4.90 Å². The Morgan fingerprint density at radius 3 is 2.52 bits per heavy atom. The van der Waals surface area contributed by atoms with Crippen molar-refractivity contribution in [2.75, 3.05) is 46.0 Å². The fourth-order valence-corrected chi connectivity index (χ4v) is 2.11. The second kappa shape index (κ2) is 9.22. The van der Waals surface area contributed by atoms with Crippen LogP contribution >= 0.6 is 0 Å². The lowest BCUT2D eigenvalue weighted by atomic mass is 10.1. The van der Waals surface area contributed by atoms with Crippen LogP contribution < -0.4 is 5.32 Å². The molecular weight excluding hydrogens is 289 g/mol. The number of nitrogens with zero attached hydrogens (tertiary/aromatic N) is 1. The van der Waals surface area contributed by atoms with E-state index in [4.69, 9.17) is 9.47 Å². The van der Waals surface area contributed by atoms with E-state index < -0.39 is 12.7 Å². The molecule has 0 aromatic carbocycles. The molecule has 1 aliphatic heterocycles. The van der Waals surface area contributed by atoms with Crippen LogP contribution in [-0.2, 0) is 14.3 Å². The molecule has 1 saturated heterocycles. The van der Waals surface area contributed by atoms with Gasteiger partial charge in [-0.3, -0.25) is 4.79 Å². The molecule has 1 N–H and O–H groups in total. The van der Waals surface area contributed by atoms with Gasteiger partial charge in [-0.15, -0.1) is 0 Å². The van der Waals surface area contributed by atoms with Crippen molar-refractivity contribution in [2.45, 2.75) is 32.0 Å². The zero-order chi connectivity index (χ0) is 15.7. The van der Waals surface area contributed by atoms with Gasteiger partial charge in [0.15, 0.2) is 0 Å².